The number of anilines is 1. The zero-order valence-corrected chi connectivity index (χ0v) is 23.7. The molecule has 0 radical (unpaired) electrons. The summed E-state index contributed by atoms with van der Waals surface area (Å²) in [6, 6.07) is 7.62. The number of aliphatic hydroxyl groups is 1. The predicted octanol–water partition coefficient (Wildman–Crippen LogP) is 3.38. The lowest BCUT2D eigenvalue weighted by Crippen LogP contribution is -2.46. The maximum Gasteiger partial charge on any atom is 0.255 e. The molecule has 0 spiro atoms. The molecule has 2 aliphatic rings. The van der Waals surface area contributed by atoms with Gasteiger partial charge in [-0.2, -0.15) is 0 Å². The van der Waals surface area contributed by atoms with Crippen molar-refractivity contribution >= 4 is 29.4 Å². The van der Waals surface area contributed by atoms with Crippen molar-refractivity contribution in [1.82, 2.24) is 25.2 Å². The molecule has 1 aromatic carbocycles. The van der Waals surface area contributed by atoms with Crippen LogP contribution in [0.15, 0.2) is 42.7 Å². The minimum Gasteiger partial charge on any atom is -0.494 e. The molecular weight excluding hydrogens is 548 g/mol. The third-order valence-corrected chi connectivity index (χ3v) is 7.55. The highest BCUT2D eigenvalue weighted by molar-refractivity contribution is 6.32. The molecule has 1 saturated heterocycles. The fourth-order valence-electron chi connectivity index (χ4n) is 4.96. The second-order valence-corrected chi connectivity index (χ2v) is 10.4. The molecular formula is C29H33ClN6O5. The Kier molecular flexibility index (Phi) is 8.96. The number of hydrogen-bond acceptors (Lipinski definition) is 9. The topological polar surface area (TPSA) is 139 Å². The summed E-state index contributed by atoms with van der Waals surface area (Å²) < 4.78 is 10.9. The van der Waals surface area contributed by atoms with Gasteiger partial charge in [0.05, 0.1) is 36.2 Å². The van der Waals surface area contributed by atoms with E-state index in [-0.39, 0.29) is 31.0 Å². The second kappa shape index (κ2) is 12.8. The third-order valence-electron chi connectivity index (χ3n) is 7.28. The van der Waals surface area contributed by atoms with Gasteiger partial charge in [-0.25, -0.2) is 9.97 Å². The van der Waals surface area contributed by atoms with E-state index >= 15 is 0 Å². The number of carbonyl (C=O) groups is 2. The Morgan fingerprint density at radius 2 is 2.05 bits per heavy atom. The number of rotatable bonds is 10. The first kappa shape index (κ1) is 28.7. The number of hydrogen-bond donors (Lipinski definition) is 3. The predicted molar refractivity (Wildman–Crippen MR) is 153 cm³/mol. The van der Waals surface area contributed by atoms with E-state index in [9.17, 15) is 14.7 Å². The minimum absolute atomic E-state index is 0.201. The van der Waals surface area contributed by atoms with Crippen molar-refractivity contribution < 1.29 is 24.2 Å². The van der Waals surface area contributed by atoms with E-state index in [0.29, 0.717) is 64.6 Å². The largest absolute Gasteiger partial charge is 0.494 e. The van der Waals surface area contributed by atoms with Gasteiger partial charge in [-0.15, -0.1) is 0 Å². The van der Waals surface area contributed by atoms with Gasteiger partial charge in [-0.05, 0) is 50.5 Å². The number of nitrogens with one attached hydrogen (secondary N) is 2. The van der Waals surface area contributed by atoms with Crippen LogP contribution < -0.4 is 15.4 Å². The molecule has 3 N–H and O–H groups in total. The Balaban J connectivity index is 1.29. The van der Waals surface area contributed by atoms with Gasteiger partial charge in [0.1, 0.15) is 17.5 Å². The van der Waals surface area contributed by atoms with Gasteiger partial charge in [-0.1, -0.05) is 23.7 Å². The van der Waals surface area contributed by atoms with E-state index in [1.165, 1.54) is 11.1 Å². The van der Waals surface area contributed by atoms with Gasteiger partial charge in [0, 0.05) is 43.1 Å². The Morgan fingerprint density at radius 1 is 1.24 bits per heavy atom. The van der Waals surface area contributed by atoms with Crippen LogP contribution in [0.25, 0.3) is 11.4 Å². The van der Waals surface area contributed by atoms with E-state index in [0.717, 1.165) is 12.8 Å². The molecule has 2 atom stereocenters. The molecule has 0 saturated carbocycles. The average molecular weight is 581 g/mol. The lowest BCUT2D eigenvalue weighted by molar-refractivity contribution is -0.126. The maximum atomic E-state index is 13.4. The summed E-state index contributed by atoms with van der Waals surface area (Å²) in [4.78, 5) is 41.5. The van der Waals surface area contributed by atoms with E-state index < -0.39 is 12.1 Å². The number of ether oxygens (including phenoxy) is 2. The normalized spacial score (nSPS) is 16.7. The minimum atomic E-state index is -0.791. The highest BCUT2D eigenvalue weighted by atomic mass is 35.5. The van der Waals surface area contributed by atoms with Crippen LogP contribution in [0.1, 0.15) is 54.2 Å². The molecule has 0 bridgehead atoms. The average Bonchev–Trinajstić information content (AvgIpc) is 3.32. The summed E-state index contributed by atoms with van der Waals surface area (Å²) in [5.74, 6) is 0.398. The number of halogens is 1. The van der Waals surface area contributed by atoms with Crippen LogP contribution in [0.4, 0.5) is 5.95 Å². The Hall–Kier alpha value is -3.80. The molecule has 0 aliphatic carbocycles. The van der Waals surface area contributed by atoms with Gasteiger partial charge >= 0.3 is 0 Å². The standard InChI is InChI=1S/C29H33ClN6O5/c1-3-41-21-6-4-5-18(11-21)25(16-37)34-27(38)17(2)36-15-19-13-31-24(12-22(19)28(36)39)26-23(30)14-32-29(35-26)33-20-7-9-40-10-8-20/h4-6,11-14,17,20,25,37H,3,7-10,15-16H2,1-2H3,(H,34,38)(H,32,33,35)/t17-,25-/m1/s1. The summed E-state index contributed by atoms with van der Waals surface area (Å²) in [7, 11) is 0. The third kappa shape index (κ3) is 6.42. The zero-order valence-electron chi connectivity index (χ0n) is 23.0. The monoisotopic (exact) mass is 580 g/mol. The van der Waals surface area contributed by atoms with E-state index in [2.05, 4.69) is 25.6 Å². The van der Waals surface area contributed by atoms with Crippen molar-refractivity contribution in [3.63, 3.8) is 0 Å². The summed E-state index contributed by atoms with van der Waals surface area (Å²) in [6.45, 7) is 5.34. The molecule has 2 aliphatic heterocycles. The smallest absolute Gasteiger partial charge is 0.255 e. The number of fused-ring (bicyclic) bond motifs is 1. The highest BCUT2D eigenvalue weighted by Crippen LogP contribution is 2.31. The van der Waals surface area contributed by atoms with Crippen molar-refractivity contribution in [3.05, 3.63) is 64.4 Å². The summed E-state index contributed by atoms with van der Waals surface area (Å²) >= 11 is 6.43. The number of carbonyl (C=O) groups excluding carboxylic acids is 2. The Labute approximate surface area is 243 Å². The van der Waals surface area contributed by atoms with Gasteiger partial charge in [-0.3, -0.25) is 14.6 Å². The molecule has 11 nitrogen and oxygen atoms in total. The molecule has 3 aromatic rings. The molecule has 2 amide bonds. The van der Waals surface area contributed by atoms with Crippen molar-refractivity contribution in [2.45, 2.75) is 51.4 Å². The molecule has 1 fully saturated rings. The molecule has 0 unspecified atom stereocenters. The van der Waals surface area contributed by atoms with E-state index in [4.69, 9.17) is 21.1 Å². The van der Waals surface area contributed by atoms with E-state index in [1.807, 2.05) is 13.0 Å². The molecule has 4 heterocycles. The van der Waals surface area contributed by atoms with Crippen LogP contribution in [0.5, 0.6) is 5.75 Å². The van der Waals surface area contributed by atoms with Crippen LogP contribution in [0, 0.1) is 0 Å². The number of aliphatic hydroxyl groups excluding tert-OH is 1. The van der Waals surface area contributed by atoms with Crippen molar-refractivity contribution in [1.29, 1.82) is 0 Å². The first-order valence-electron chi connectivity index (χ1n) is 13.7. The molecule has 2 aromatic heterocycles. The van der Waals surface area contributed by atoms with Crippen LogP contribution in [-0.2, 0) is 16.1 Å². The Morgan fingerprint density at radius 3 is 2.80 bits per heavy atom. The first-order chi connectivity index (χ1) is 19.9. The van der Waals surface area contributed by atoms with Gasteiger partial charge in [0.15, 0.2) is 0 Å². The van der Waals surface area contributed by atoms with Crippen LogP contribution >= 0.6 is 11.6 Å². The number of aromatic nitrogens is 3. The lowest BCUT2D eigenvalue weighted by atomic mass is 10.1. The number of amides is 2. The summed E-state index contributed by atoms with van der Waals surface area (Å²) in [6.07, 6.45) is 4.84. The molecule has 5 rings (SSSR count). The number of nitrogens with zero attached hydrogens (tertiary/aromatic N) is 4. The fourth-order valence-corrected chi connectivity index (χ4v) is 5.15. The van der Waals surface area contributed by atoms with Crippen molar-refractivity contribution in [3.8, 4) is 17.1 Å². The van der Waals surface area contributed by atoms with Gasteiger partial charge in [0.2, 0.25) is 11.9 Å². The van der Waals surface area contributed by atoms with Gasteiger partial charge < -0.3 is 30.1 Å². The summed E-state index contributed by atoms with van der Waals surface area (Å²) in [5.41, 5.74) is 2.69. The maximum absolute atomic E-state index is 13.4. The number of pyridine rings is 1. The van der Waals surface area contributed by atoms with Gasteiger partial charge in [0.25, 0.3) is 5.91 Å². The van der Waals surface area contributed by atoms with E-state index in [1.54, 1.807) is 37.4 Å². The first-order valence-corrected chi connectivity index (χ1v) is 14.1. The number of benzene rings is 1. The lowest BCUT2D eigenvalue weighted by Gasteiger charge is -2.26. The fraction of sp³-hybridized carbons (Fsp3) is 0.414. The molecule has 41 heavy (non-hydrogen) atoms. The summed E-state index contributed by atoms with van der Waals surface area (Å²) in [5, 5.41) is 16.5. The quantitative estimate of drug-likeness (QED) is 0.329. The van der Waals surface area contributed by atoms with Crippen LogP contribution in [0.2, 0.25) is 5.02 Å². The van der Waals surface area contributed by atoms with Crippen molar-refractivity contribution in [2.24, 2.45) is 0 Å². The Bertz CT molecular complexity index is 1420. The SMILES string of the molecule is CCOc1cccc([C@@H](CO)NC(=O)[C@@H](C)N2Cc3cnc(-c4nc(NC5CCOCC5)ncc4Cl)cc3C2=O)c1. The molecule has 12 heteroatoms. The molecule has 216 valence electrons. The second-order valence-electron chi connectivity index (χ2n) is 10.0. The highest BCUT2D eigenvalue weighted by Gasteiger charge is 2.35. The van der Waals surface area contributed by atoms with Crippen LogP contribution in [0.3, 0.4) is 0 Å². The van der Waals surface area contributed by atoms with Crippen molar-refractivity contribution in [2.75, 3.05) is 31.7 Å². The zero-order chi connectivity index (χ0) is 28.9. The van der Waals surface area contributed by atoms with Crippen LogP contribution in [-0.4, -0.2) is 75.3 Å².